The first-order chi connectivity index (χ1) is 13.1. The first-order valence-electron chi connectivity index (χ1n) is 8.72. The lowest BCUT2D eigenvalue weighted by molar-refractivity contribution is -0.140. The third-order valence-corrected chi connectivity index (χ3v) is 6.70. The summed E-state index contributed by atoms with van der Waals surface area (Å²) in [5, 5.41) is 21.1. The van der Waals surface area contributed by atoms with E-state index in [0.717, 1.165) is 6.07 Å². The van der Waals surface area contributed by atoms with Gasteiger partial charge in [0.25, 0.3) is 5.91 Å². The number of aromatic hydroxyl groups is 2. The fourth-order valence-electron chi connectivity index (χ4n) is 3.32. The number of amides is 1. The minimum atomic E-state index is -3.16. The molecule has 9 heteroatoms. The molecule has 1 aliphatic rings. The van der Waals surface area contributed by atoms with Gasteiger partial charge >= 0.3 is 5.97 Å². The number of phenolic OH excluding ortho intramolecular Hbond substituents is 2. The van der Waals surface area contributed by atoms with Crippen LogP contribution in [0.25, 0.3) is 10.8 Å². The van der Waals surface area contributed by atoms with Gasteiger partial charge in [-0.3, -0.25) is 4.79 Å². The Labute approximate surface area is 162 Å². The van der Waals surface area contributed by atoms with Crippen molar-refractivity contribution in [3.05, 3.63) is 35.9 Å². The number of carbonyl (C=O) groups is 2. The number of hydrogen-bond donors (Lipinski definition) is 2. The highest BCUT2D eigenvalue weighted by Crippen LogP contribution is 2.35. The molecule has 0 spiro atoms. The molecule has 2 aromatic carbocycles. The Morgan fingerprint density at radius 1 is 1.21 bits per heavy atom. The maximum Gasteiger partial charge on any atom is 0.342 e. The van der Waals surface area contributed by atoms with Gasteiger partial charge in [0.15, 0.2) is 15.9 Å². The molecule has 1 amide bonds. The molecule has 0 aliphatic carbocycles. The van der Waals surface area contributed by atoms with Crippen molar-refractivity contribution in [2.24, 2.45) is 0 Å². The SMILES string of the molecule is C[C@H](OC(=O)c1cc(O)c2ccccc2c1O)C(=O)N(C)[C@@H]1CCS(=O)(=O)C1. The molecule has 0 saturated carbocycles. The summed E-state index contributed by atoms with van der Waals surface area (Å²) in [5.74, 6) is -2.16. The summed E-state index contributed by atoms with van der Waals surface area (Å²) in [6, 6.07) is 7.09. The van der Waals surface area contributed by atoms with Gasteiger partial charge in [0, 0.05) is 23.9 Å². The van der Waals surface area contributed by atoms with Crippen LogP contribution in [0.5, 0.6) is 11.5 Å². The van der Waals surface area contributed by atoms with Gasteiger partial charge in [0.2, 0.25) is 0 Å². The topological polar surface area (TPSA) is 121 Å². The number of ether oxygens (including phenoxy) is 1. The second-order valence-corrected chi connectivity index (χ2v) is 9.12. The average molecular weight is 407 g/mol. The summed E-state index contributed by atoms with van der Waals surface area (Å²) in [7, 11) is -1.69. The van der Waals surface area contributed by atoms with Crippen LogP contribution >= 0.6 is 0 Å². The predicted octanol–water partition coefficient (Wildman–Crippen LogP) is 1.44. The van der Waals surface area contributed by atoms with E-state index in [0.29, 0.717) is 11.8 Å². The molecule has 2 atom stereocenters. The Kier molecular flexibility index (Phi) is 5.20. The van der Waals surface area contributed by atoms with E-state index in [4.69, 9.17) is 4.74 Å². The molecule has 28 heavy (non-hydrogen) atoms. The monoisotopic (exact) mass is 407 g/mol. The fraction of sp³-hybridized carbons (Fsp3) is 0.368. The Balaban J connectivity index is 1.76. The largest absolute Gasteiger partial charge is 0.507 e. The van der Waals surface area contributed by atoms with E-state index in [1.54, 1.807) is 24.3 Å². The lowest BCUT2D eigenvalue weighted by atomic mass is 10.0. The van der Waals surface area contributed by atoms with Crippen LogP contribution in [0.4, 0.5) is 0 Å². The van der Waals surface area contributed by atoms with Crippen LogP contribution in [-0.4, -0.2) is 66.1 Å². The molecule has 0 bridgehead atoms. The zero-order valence-corrected chi connectivity index (χ0v) is 16.3. The van der Waals surface area contributed by atoms with Crippen molar-refractivity contribution >= 4 is 32.5 Å². The molecule has 1 saturated heterocycles. The van der Waals surface area contributed by atoms with Gasteiger partial charge in [0.1, 0.15) is 17.1 Å². The number of benzene rings is 2. The summed E-state index contributed by atoms with van der Waals surface area (Å²) < 4.78 is 28.4. The highest BCUT2D eigenvalue weighted by Gasteiger charge is 2.35. The van der Waals surface area contributed by atoms with E-state index in [9.17, 15) is 28.2 Å². The Hall–Kier alpha value is -2.81. The van der Waals surface area contributed by atoms with Crippen molar-refractivity contribution in [1.82, 2.24) is 4.90 Å². The lowest BCUT2D eigenvalue weighted by Gasteiger charge is -2.26. The van der Waals surface area contributed by atoms with Gasteiger partial charge in [-0.25, -0.2) is 13.2 Å². The van der Waals surface area contributed by atoms with E-state index in [1.165, 1.54) is 18.9 Å². The molecular formula is C19H21NO7S. The zero-order valence-electron chi connectivity index (χ0n) is 15.5. The maximum atomic E-state index is 12.5. The van der Waals surface area contributed by atoms with E-state index < -0.39 is 33.9 Å². The van der Waals surface area contributed by atoms with E-state index in [1.807, 2.05) is 0 Å². The van der Waals surface area contributed by atoms with Gasteiger partial charge in [-0.2, -0.15) is 0 Å². The van der Waals surface area contributed by atoms with E-state index >= 15 is 0 Å². The standard InChI is InChI=1S/C19H21NO7S/c1-11(18(23)20(2)12-7-8-28(25,26)10-12)27-19(24)15-9-16(21)13-5-3-4-6-14(13)17(15)22/h3-6,9,11-12,21-22H,7-8,10H2,1-2H3/t11-,12+/m0/s1. The Morgan fingerprint density at radius 3 is 2.46 bits per heavy atom. The molecule has 150 valence electrons. The smallest absolute Gasteiger partial charge is 0.342 e. The Bertz CT molecular complexity index is 1050. The molecule has 1 aliphatic heterocycles. The van der Waals surface area contributed by atoms with Crippen LogP contribution < -0.4 is 0 Å². The van der Waals surface area contributed by atoms with Gasteiger partial charge in [0.05, 0.1) is 11.5 Å². The molecule has 0 aromatic heterocycles. The van der Waals surface area contributed by atoms with Crippen molar-refractivity contribution in [1.29, 1.82) is 0 Å². The molecule has 8 nitrogen and oxygen atoms in total. The number of esters is 1. The van der Waals surface area contributed by atoms with Gasteiger partial charge in [-0.05, 0) is 19.4 Å². The van der Waals surface area contributed by atoms with Crippen LogP contribution in [0, 0.1) is 0 Å². The number of fused-ring (bicyclic) bond motifs is 1. The second kappa shape index (κ2) is 7.31. The summed E-state index contributed by atoms with van der Waals surface area (Å²) in [6.07, 6.45) is -0.848. The molecular weight excluding hydrogens is 386 g/mol. The zero-order chi connectivity index (χ0) is 20.6. The lowest BCUT2D eigenvalue weighted by Crippen LogP contribution is -2.44. The summed E-state index contributed by atoms with van der Waals surface area (Å²) in [4.78, 5) is 26.3. The first kappa shape index (κ1) is 19.9. The molecule has 1 fully saturated rings. The van der Waals surface area contributed by atoms with Gasteiger partial charge in [-0.1, -0.05) is 24.3 Å². The van der Waals surface area contributed by atoms with Crippen molar-refractivity contribution < 1.29 is 33.0 Å². The second-order valence-electron chi connectivity index (χ2n) is 6.89. The molecule has 0 unspecified atom stereocenters. The molecule has 3 rings (SSSR count). The first-order valence-corrected chi connectivity index (χ1v) is 10.5. The number of carbonyl (C=O) groups excluding carboxylic acids is 2. The third kappa shape index (κ3) is 3.75. The highest BCUT2D eigenvalue weighted by molar-refractivity contribution is 7.91. The van der Waals surface area contributed by atoms with Crippen LogP contribution in [0.1, 0.15) is 23.7 Å². The number of sulfone groups is 1. The number of nitrogens with zero attached hydrogens (tertiary/aromatic N) is 1. The van der Waals surface area contributed by atoms with Crippen molar-refractivity contribution in [2.75, 3.05) is 18.6 Å². The third-order valence-electron chi connectivity index (χ3n) is 4.95. The van der Waals surface area contributed by atoms with Crippen LogP contribution in [0.2, 0.25) is 0 Å². The van der Waals surface area contributed by atoms with Gasteiger partial charge in [-0.15, -0.1) is 0 Å². The minimum absolute atomic E-state index is 0.0215. The predicted molar refractivity (Wildman–Crippen MR) is 102 cm³/mol. The summed E-state index contributed by atoms with van der Waals surface area (Å²) >= 11 is 0. The average Bonchev–Trinajstić information content (AvgIpc) is 3.03. The normalized spacial score (nSPS) is 19.3. The molecule has 1 heterocycles. The summed E-state index contributed by atoms with van der Waals surface area (Å²) in [5.41, 5.74) is -0.262. The highest BCUT2D eigenvalue weighted by atomic mass is 32.2. The number of rotatable bonds is 4. The molecule has 0 radical (unpaired) electrons. The van der Waals surface area contributed by atoms with Crippen molar-refractivity contribution in [3.63, 3.8) is 0 Å². The van der Waals surface area contributed by atoms with Crippen molar-refractivity contribution in [3.8, 4) is 11.5 Å². The molecule has 2 aromatic rings. The van der Waals surface area contributed by atoms with Crippen LogP contribution in [-0.2, 0) is 19.4 Å². The maximum absolute atomic E-state index is 12.5. The fourth-order valence-corrected chi connectivity index (χ4v) is 5.09. The number of hydrogen-bond acceptors (Lipinski definition) is 7. The Morgan fingerprint density at radius 2 is 1.86 bits per heavy atom. The van der Waals surface area contributed by atoms with E-state index in [2.05, 4.69) is 0 Å². The minimum Gasteiger partial charge on any atom is -0.507 e. The molecule has 2 N–H and O–H groups in total. The van der Waals surface area contributed by atoms with Crippen molar-refractivity contribution in [2.45, 2.75) is 25.5 Å². The quantitative estimate of drug-likeness (QED) is 0.581. The van der Waals surface area contributed by atoms with Crippen LogP contribution in [0.15, 0.2) is 30.3 Å². The number of likely N-dealkylation sites (N-methyl/N-ethyl adjacent to an activating group) is 1. The van der Waals surface area contributed by atoms with Crippen LogP contribution in [0.3, 0.4) is 0 Å². The number of phenols is 2. The van der Waals surface area contributed by atoms with Gasteiger partial charge < -0.3 is 19.8 Å². The van der Waals surface area contributed by atoms with E-state index in [-0.39, 0.29) is 34.0 Å². The summed E-state index contributed by atoms with van der Waals surface area (Å²) in [6.45, 7) is 1.37.